The van der Waals surface area contributed by atoms with Crippen molar-refractivity contribution in [1.29, 1.82) is 0 Å². The Bertz CT molecular complexity index is 1230. The van der Waals surface area contributed by atoms with E-state index >= 15 is 0 Å². The highest BCUT2D eigenvalue weighted by Gasteiger charge is 2.27. The molecule has 1 saturated heterocycles. The highest BCUT2D eigenvalue weighted by Crippen LogP contribution is 2.31. The first-order valence-corrected chi connectivity index (χ1v) is 11.7. The molecule has 1 aliphatic heterocycles. The molecule has 7 nitrogen and oxygen atoms in total. The van der Waals surface area contributed by atoms with Gasteiger partial charge in [0.25, 0.3) is 5.91 Å². The molecule has 0 saturated carbocycles. The summed E-state index contributed by atoms with van der Waals surface area (Å²) in [6.45, 7) is 0.947. The third-order valence-electron chi connectivity index (χ3n) is 5.34. The van der Waals surface area contributed by atoms with Crippen molar-refractivity contribution in [2.75, 3.05) is 25.5 Å². The molecule has 0 atom stereocenters. The number of hydrogen-bond acceptors (Lipinski definition) is 5. The molecule has 0 unspecified atom stereocenters. The van der Waals surface area contributed by atoms with Gasteiger partial charge in [-0.15, -0.1) is 0 Å². The van der Waals surface area contributed by atoms with Crippen LogP contribution >= 0.6 is 0 Å². The van der Waals surface area contributed by atoms with Gasteiger partial charge in [-0.25, -0.2) is 12.8 Å². The fourth-order valence-corrected chi connectivity index (χ4v) is 5.19. The van der Waals surface area contributed by atoms with Crippen molar-refractivity contribution in [3.8, 4) is 17.1 Å². The third kappa shape index (κ3) is 4.39. The second kappa shape index (κ2) is 9.13. The summed E-state index contributed by atoms with van der Waals surface area (Å²) in [4.78, 5) is 12.8. The maximum atomic E-state index is 14.0. The van der Waals surface area contributed by atoms with Crippen LogP contribution in [0.2, 0.25) is 0 Å². The Balaban J connectivity index is 1.59. The molecule has 0 radical (unpaired) electrons. The molecule has 0 bridgehead atoms. The highest BCUT2D eigenvalue weighted by molar-refractivity contribution is 7.89. The number of ether oxygens (including phenoxy) is 1. The van der Waals surface area contributed by atoms with Crippen molar-refractivity contribution in [2.45, 2.75) is 24.2 Å². The van der Waals surface area contributed by atoms with Gasteiger partial charge in [0.05, 0.1) is 23.3 Å². The molecule has 1 aliphatic rings. The van der Waals surface area contributed by atoms with Gasteiger partial charge in [0.1, 0.15) is 17.3 Å². The van der Waals surface area contributed by atoms with Gasteiger partial charge in [-0.05, 0) is 55.3 Å². The van der Waals surface area contributed by atoms with Crippen LogP contribution in [0.15, 0.2) is 63.9 Å². The van der Waals surface area contributed by atoms with E-state index in [1.54, 1.807) is 18.2 Å². The molecule has 1 aromatic heterocycles. The molecule has 168 valence electrons. The standard InChI is InChI=1S/C23H23FN2O5S/c1-30-21-10-9-16(32(28,29)26-13-5-2-6-14-26)15-19(21)25-23(27)22-12-11-20(31-22)17-7-3-4-8-18(17)24/h3-4,7-12,15H,2,5-6,13-14H2,1H3,(H,25,27). The van der Waals surface area contributed by atoms with E-state index in [1.807, 2.05) is 0 Å². The number of methoxy groups -OCH3 is 1. The summed E-state index contributed by atoms with van der Waals surface area (Å²) >= 11 is 0. The topological polar surface area (TPSA) is 88.9 Å². The Morgan fingerprint density at radius 3 is 2.53 bits per heavy atom. The molecule has 0 aliphatic carbocycles. The molecule has 1 fully saturated rings. The summed E-state index contributed by atoms with van der Waals surface area (Å²) in [7, 11) is -2.26. The molecule has 2 heterocycles. The van der Waals surface area contributed by atoms with Gasteiger partial charge >= 0.3 is 0 Å². The van der Waals surface area contributed by atoms with Crippen LogP contribution in [-0.2, 0) is 10.0 Å². The van der Waals surface area contributed by atoms with Gasteiger partial charge in [0.15, 0.2) is 5.76 Å². The molecular weight excluding hydrogens is 435 g/mol. The molecule has 9 heteroatoms. The normalized spacial score (nSPS) is 14.8. The van der Waals surface area contributed by atoms with Crippen LogP contribution in [0.3, 0.4) is 0 Å². The van der Waals surface area contributed by atoms with Crippen molar-refractivity contribution in [2.24, 2.45) is 0 Å². The van der Waals surface area contributed by atoms with Crippen molar-refractivity contribution < 1.29 is 26.8 Å². The number of carbonyl (C=O) groups is 1. The Morgan fingerprint density at radius 2 is 1.81 bits per heavy atom. The fourth-order valence-electron chi connectivity index (χ4n) is 3.65. The molecule has 2 aromatic carbocycles. The first kappa shape index (κ1) is 22.0. The highest BCUT2D eigenvalue weighted by atomic mass is 32.2. The summed E-state index contributed by atoms with van der Waals surface area (Å²) in [6.07, 6.45) is 2.65. The van der Waals surface area contributed by atoms with Crippen LogP contribution in [0, 0.1) is 5.82 Å². The second-order valence-corrected chi connectivity index (χ2v) is 9.36. The number of hydrogen-bond donors (Lipinski definition) is 1. The number of benzene rings is 2. The van der Waals surface area contributed by atoms with Crippen molar-refractivity contribution >= 4 is 21.6 Å². The van der Waals surface area contributed by atoms with Crippen LogP contribution in [-0.4, -0.2) is 38.8 Å². The second-order valence-electron chi connectivity index (χ2n) is 7.42. The van der Waals surface area contributed by atoms with Gasteiger partial charge in [-0.2, -0.15) is 4.31 Å². The SMILES string of the molecule is COc1ccc(S(=O)(=O)N2CCCCC2)cc1NC(=O)c1ccc(-c2ccccc2F)o1. The first-order chi connectivity index (χ1) is 15.4. The zero-order chi connectivity index (χ0) is 22.7. The predicted octanol–water partition coefficient (Wildman–Crippen LogP) is 4.52. The van der Waals surface area contributed by atoms with Gasteiger partial charge in [0, 0.05) is 13.1 Å². The van der Waals surface area contributed by atoms with Crippen molar-refractivity contribution in [3.05, 3.63) is 66.2 Å². The minimum atomic E-state index is -3.69. The summed E-state index contributed by atoms with van der Waals surface area (Å²) < 4.78 is 52.3. The minimum Gasteiger partial charge on any atom is -0.495 e. The maximum absolute atomic E-state index is 14.0. The van der Waals surface area contributed by atoms with E-state index in [4.69, 9.17) is 9.15 Å². The van der Waals surface area contributed by atoms with Gasteiger partial charge in [-0.1, -0.05) is 18.6 Å². The van der Waals surface area contributed by atoms with Gasteiger partial charge in [-0.3, -0.25) is 4.79 Å². The summed E-state index contributed by atoms with van der Waals surface area (Å²) in [5.41, 5.74) is 0.429. The number of nitrogens with zero attached hydrogens (tertiary/aromatic N) is 1. The maximum Gasteiger partial charge on any atom is 0.291 e. The van der Waals surface area contributed by atoms with E-state index < -0.39 is 21.7 Å². The van der Waals surface area contributed by atoms with Gasteiger partial charge in [0.2, 0.25) is 10.0 Å². The Kier molecular flexibility index (Phi) is 6.29. The molecular formula is C23H23FN2O5S. The van der Waals surface area contributed by atoms with E-state index in [0.29, 0.717) is 18.8 Å². The van der Waals surface area contributed by atoms with E-state index in [-0.39, 0.29) is 27.7 Å². The average Bonchev–Trinajstić information content (AvgIpc) is 3.30. The van der Waals surface area contributed by atoms with Crippen LogP contribution in [0.5, 0.6) is 5.75 Å². The number of amides is 1. The Hall–Kier alpha value is -3.17. The van der Waals surface area contributed by atoms with E-state index in [9.17, 15) is 17.6 Å². The lowest BCUT2D eigenvalue weighted by Crippen LogP contribution is -2.35. The number of furan rings is 1. The molecule has 0 spiro atoms. The number of carbonyl (C=O) groups excluding carboxylic acids is 1. The summed E-state index contributed by atoms with van der Waals surface area (Å²) in [5.74, 6) is -0.613. The minimum absolute atomic E-state index is 0.0467. The lowest BCUT2D eigenvalue weighted by Gasteiger charge is -2.26. The van der Waals surface area contributed by atoms with Crippen LogP contribution in [0.25, 0.3) is 11.3 Å². The zero-order valence-corrected chi connectivity index (χ0v) is 18.3. The fraction of sp³-hybridized carbons (Fsp3) is 0.261. The largest absolute Gasteiger partial charge is 0.495 e. The molecule has 3 aromatic rings. The smallest absolute Gasteiger partial charge is 0.291 e. The molecule has 1 amide bonds. The monoisotopic (exact) mass is 458 g/mol. The van der Waals surface area contributed by atoms with Gasteiger partial charge < -0.3 is 14.5 Å². The molecule has 4 rings (SSSR count). The number of nitrogens with one attached hydrogen (secondary N) is 1. The summed E-state index contributed by atoms with van der Waals surface area (Å²) in [6, 6.07) is 13.3. The number of rotatable bonds is 6. The molecule has 32 heavy (non-hydrogen) atoms. The van der Waals surface area contributed by atoms with Crippen molar-refractivity contribution in [3.63, 3.8) is 0 Å². The predicted molar refractivity (Wildman–Crippen MR) is 118 cm³/mol. The first-order valence-electron chi connectivity index (χ1n) is 10.2. The summed E-state index contributed by atoms with van der Waals surface area (Å²) in [5, 5.41) is 2.64. The number of piperidine rings is 1. The number of anilines is 1. The van der Waals surface area contributed by atoms with E-state index in [2.05, 4.69) is 5.32 Å². The van der Waals surface area contributed by atoms with Crippen LogP contribution in [0.1, 0.15) is 29.8 Å². The van der Waals surface area contributed by atoms with E-state index in [0.717, 1.165) is 19.3 Å². The number of halogens is 1. The quantitative estimate of drug-likeness (QED) is 0.587. The third-order valence-corrected chi connectivity index (χ3v) is 7.24. The Labute approximate surface area is 185 Å². The van der Waals surface area contributed by atoms with Crippen molar-refractivity contribution in [1.82, 2.24) is 4.31 Å². The van der Waals surface area contributed by atoms with Crippen LogP contribution < -0.4 is 10.1 Å². The van der Waals surface area contributed by atoms with Crippen LogP contribution in [0.4, 0.5) is 10.1 Å². The lowest BCUT2D eigenvalue weighted by atomic mass is 10.1. The average molecular weight is 459 g/mol. The zero-order valence-electron chi connectivity index (χ0n) is 17.5. The molecule has 1 N–H and O–H groups in total. The Morgan fingerprint density at radius 1 is 1.06 bits per heavy atom. The lowest BCUT2D eigenvalue weighted by molar-refractivity contribution is 0.0997. The number of sulfonamides is 1. The van der Waals surface area contributed by atoms with E-state index in [1.165, 1.54) is 47.8 Å².